The molecular formula is C24H20N4O2. The zero-order valence-corrected chi connectivity index (χ0v) is 16.7. The second-order valence-corrected chi connectivity index (χ2v) is 7.57. The fourth-order valence-electron chi connectivity index (χ4n) is 4.82. The van der Waals surface area contributed by atoms with E-state index in [2.05, 4.69) is 9.88 Å². The van der Waals surface area contributed by atoms with E-state index in [1.165, 1.54) is 0 Å². The van der Waals surface area contributed by atoms with Gasteiger partial charge in [0, 0.05) is 23.4 Å². The van der Waals surface area contributed by atoms with Crippen LogP contribution in [0.25, 0.3) is 22.4 Å². The van der Waals surface area contributed by atoms with Crippen molar-refractivity contribution < 1.29 is 9.53 Å². The number of anilines is 2. The largest absolute Gasteiger partial charge is 0.497 e. The first-order chi connectivity index (χ1) is 14.7. The summed E-state index contributed by atoms with van der Waals surface area (Å²) in [6.07, 6.45) is 0. The van der Waals surface area contributed by atoms with Crippen LogP contribution in [0.15, 0.2) is 66.7 Å². The van der Waals surface area contributed by atoms with Crippen molar-refractivity contribution in [3.8, 4) is 17.1 Å². The lowest BCUT2D eigenvalue weighted by Crippen LogP contribution is -2.53. The average Bonchev–Trinajstić information content (AvgIpc) is 3.28. The Labute approximate surface area is 173 Å². The van der Waals surface area contributed by atoms with Crippen LogP contribution < -0.4 is 15.0 Å². The van der Waals surface area contributed by atoms with Crippen LogP contribution in [-0.2, 0) is 10.5 Å². The van der Waals surface area contributed by atoms with Gasteiger partial charge in [-0.1, -0.05) is 24.3 Å². The molecule has 1 amide bonds. The number of hydrogen-bond acceptors (Lipinski definition) is 4. The summed E-state index contributed by atoms with van der Waals surface area (Å²) in [4.78, 5) is 20.8. The highest BCUT2D eigenvalue weighted by Gasteiger charge is 2.56. The number of ether oxygens (including phenoxy) is 1. The lowest BCUT2D eigenvalue weighted by molar-refractivity contribution is -0.123. The molecule has 1 aromatic heterocycles. The van der Waals surface area contributed by atoms with Crippen molar-refractivity contribution in [1.29, 1.82) is 0 Å². The SMILES string of the molecule is CCN1C(=O)[C@]2(Nc3ccccc3-c3nc4ccccc4n32)c2cc(OC)ccc21. The van der Waals surface area contributed by atoms with Crippen LogP contribution in [0.4, 0.5) is 11.4 Å². The molecule has 0 bridgehead atoms. The van der Waals surface area contributed by atoms with Gasteiger partial charge in [-0.15, -0.1) is 0 Å². The quantitative estimate of drug-likeness (QED) is 0.552. The van der Waals surface area contributed by atoms with Crippen molar-refractivity contribution in [3.05, 3.63) is 72.3 Å². The fourth-order valence-corrected chi connectivity index (χ4v) is 4.82. The third-order valence-electron chi connectivity index (χ3n) is 6.13. The molecule has 0 fully saturated rings. The molecule has 6 nitrogen and oxygen atoms in total. The van der Waals surface area contributed by atoms with E-state index < -0.39 is 5.66 Å². The van der Waals surface area contributed by atoms with Gasteiger partial charge >= 0.3 is 0 Å². The zero-order valence-electron chi connectivity index (χ0n) is 16.7. The number of nitrogens with one attached hydrogen (secondary N) is 1. The second kappa shape index (κ2) is 5.86. The lowest BCUT2D eigenvalue weighted by Gasteiger charge is -2.38. The van der Waals surface area contributed by atoms with Crippen molar-refractivity contribution in [2.75, 3.05) is 23.9 Å². The number of carbonyl (C=O) groups is 1. The van der Waals surface area contributed by atoms with Crippen molar-refractivity contribution in [1.82, 2.24) is 9.55 Å². The Morgan fingerprint density at radius 2 is 1.87 bits per heavy atom. The lowest BCUT2D eigenvalue weighted by atomic mass is 9.95. The first-order valence-corrected chi connectivity index (χ1v) is 10.0. The molecule has 1 N–H and O–H groups in total. The summed E-state index contributed by atoms with van der Waals surface area (Å²) in [5, 5.41) is 3.60. The van der Waals surface area contributed by atoms with Crippen molar-refractivity contribution in [2.45, 2.75) is 12.6 Å². The normalized spacial score (nSPS) is 18.9. The minimum absolute atomic E-state index is 0.0211. The van der Waals surface area contributed by atoms with Crippen LogP contribution in [0.1, 0.15) is 12.5 Å². The van der Waals surface area contributed by atoms with E-state index in [9.17, 15) is 4.79 Å². The second-order valence-electron chi connectivity index (χ2n) is 7.57. The predicted octanol–water partition coefficient (Wildman–Crippen LogP) is 4.21. The molecule has 1 spiro atoms. The van der Waals surface area contributed by atoms with E-state index in [0.717, 1.165) is 39.4 Å². The number of methoxy groups -OCH3 is 1. The highest BCUT2D eigenvalue weighted by Crippen LogP contribution is 2.51. The summed E-state index contributed by atoms with van der Waals surface area (Å²) in [5.74, 6) is 1.48. The molecule has 6 heteroatoms. The smallest absolute Gasteiger partial charge is 0.279 e. The van der Waals surface area contributed by atoms with Crippen molar-refractivity contribution >= 4 is 28.3 Å². The van der Waals surface area contributed by atoms with Gasteiger partial charge in [0.2, 0.25) is 5.66 Å². The molecule has 3 heterocycles. The standard InChI is InChI=1S/C24H20N4O2/c1-3-27-20-13-12-15(30-2)14-17(20)24(23(27)29)26-18-9-5-4-8-16(18)22-25-19-10-6-7-11-21(19)28(22)24/h4-14,26H,3H2,1-2H3/t24-/m0/s1. The Bertz CT molecular complexity index is 1340. The third kappa shape index (κ3) is 1.93. The number of carbonyl (C=O) groups excluding carboxylic acids is 1. The van der Waals surface area contributed by atoms with E-state index >= 15 is 0 Å². The summed E-state index contributed by atoms with van der Waals surface area (Å²) in [6, 6.07) is 21.8. The Morgan fingerprint density at radius 1 is 1.07 bits per heavy atom. The molecule has 1 atom stereocenters. The topological polar surface area (TPSA) is 59.4 Å². The number of aromatic nitrogens is 2. The molecule has 0 saturated heterocycles. The summed E-state index contributed by atoms with van der Waals surface area (Å²) in [6.45, 7) is 2.57. The Hall–Kier alpha value is -3.80. The van der Waals surface area contributed by atoms with Gasteiger partial charge in [-0.2, -0.15) is 0 Å². The summed E-state index contributed by atoms with van der Waals surface area (Å²) >= 11 is 0. The molecule has 0 aliphatic carbocycles. The van der Waals surface area contributed by atoms with E-state index in [-0.39, 0.29) is 5.91 Å². The molecule has 4 aromatic rings. The monoisotopic (exact) mass is 396 g/mol. The average molecular weight is 396 g/mol. The van der Waals surface area contributed by atoms with Crippen molar-refractivity contribution in [2.24, 2.45) is 0 Å². The molecule has 2 aliphatic rings. The highest BCUT2D eigenvalue weighted by atomic mass is 16.5. The number of imidazole rings is 1. The number of nitrogens with zero attached hydrogens (tertiary/aromatic N) is 3. The summed E-state index contributed by atoms with van der Waals surface area (Å²) in [7, 11) is 1.64. The molecule has 2 aliphatic heterocycles. The van der Waals surface area contributed by atoms with Gasteiger partial charge in [-0.25, -0.2) is 4.98 Å². The zero-order chi connectivity index (χ0) is 20.5. The minimum atomic E-state index is -1.13. The van der Waals surface area contributed by atoms with Gasteiger partial charge < -0.3 is 15.0 Å². The molecule has 30 heavy (non-hydrogen) atoms. The van der Waals surface area contributed by atoms with Crippen LogP contribution in [-0.4, -0.2) is 29.1 Å². The van der Waals surface area contributed by atoms with E-state index in [0.29, 0.717) is 12.3 Å². The van der Waals surface area contributed by atoms with Crippen LogP contribution >= 0.6 is 0 Å². The van der Waals surface area contributed by atoms with Gasteiger partial charge in [-0.05, 0) is 49.4 Å². The van der Waals surface area contributed by atoms with Gasteiger partial charge in [-0.3, -0.25) is 9.36 Å². The van der Waals surface area contributed by atoms with Crippen LogP contribution in [0.3, 0.4) is 0 Å². The first-order valence-electron chi connectivity index (χ1n) is 10.0. The predicted molar refractivity (Wildman–Crippen MR) is 117 cm³/mol. The number of rotatable bonds is 2. The Kier molecular flexibility index (Phi) is 3.34. The maximum atomic E-state index is 14.1. The molecule has 0 radical (unpaired) electrons. The molecule has 3 aromatic carbocycles. The molecule has 6 rings (SSSR count). The van der Waals surface area contributed by atoms with Crippen LogP contribution in [0.5, 0.6) is 5.75 Å². The molecule has 0 unspecified atom stereocenters. The molecule has 148 valence electrons. The van der Waals surface area contributed by atoms with Gasteiger partial charge in [0.05, 0.1) is 23.8 Å². The number of para-hydroxylation sites is 3. The summed E-state index contributed by atoms with van der Waals surface area (Å²) < 4.78 is 7.58. The highest BCUT2D eigenvalue weighted by molar-refractivity contribution is 6.12. The van der Waals surface area contributed by atoms with Crippen LogP contribution in [0.2, 0.25) is 0 Å². The number of likely N-dealkylation sites (N-methyl/N-ethyl adjacent to an activating group) is 1. The number of benzene rings is 3. The van der Waals surface area contributed by atoms with Gasteiger partial charge in [0.25, 0.3) is 5.91 Å². The number of amides is 1. The van der Waals surface area contributed by atoms with Gasteiger partial charge in [0.1, 0.15) is 11.6 Å². The van der Waals surface area contributed by atoms with Gasteiger partial charge in [0.15, 0.2) is 0 Å². The summed E-state index contributed by atoms with van der Waals surface area (Å²) in [5.41, 5.74) is 4.27. The maximum Gasteiger partial charge on any atom is 0.279 e. The van der Waals surface area contributed by atoms with E-state index in [1.54, 1.807) is 7.11 Å². The Morgan fingerprint density at radius 3 is 2.70 bits per heavy atom. The first kappa shape index (κ1) is 17.1. The third-order valence-corrected chi connectivity index (χ3v) is 6.13. The number of fused-ring (bicyclic) bond motifs is 8. The molecular weight excluding hydrogens is 376 g/mol. The number of hydrogen-bond donors (Lipinski definition) is 1. The van der Waals surface area contributed by atoms with Crippen LogP contribution in [0, 0.1) is 0 Å². The van der Waals surface area contributed by atoms with Crippen molar-refractivity contribution in [3.63, 3.8) is 0 Å². The fraction of sp³-hybridized carbons (Fsp3) is 0.167. The maximum absolute atomic E-state index is 14.1. The Balaban J connectivity index is 1.78. The minimum Gasteiger partial charge on any atom is -0.497 e. The molecule has 0 saturated carbocycles. The van der Waals surface area contributed by atoms with E-state index in [4.69, 9.17) is 9.72 Å². The van der Waals surface area contributed by atoms with E-state index in [1.807, 2.05) is 78.6 Å².